The molecule has 0 aromatic carbocycles. The summed E-state index contributed by atoms with van der Waals surface area (Å²) in [5.74, 6) is -0.844. The molecule has 0 aromatic rings. The number of rotatable bonds is 2. The highest BCUT2D eigenvalue weighted by Gasteiger charge is 2.50. The molecule has 4 heteroatoms. The topological polar surface area (TPSA) is 44.8 Å². The third kappa shape index (κ3) is 1.64. The maximum Gasteiger partial charge on any atom is 0.338 e. The first kappa shape index (κ1) is 9.93. The van der Waals surface area contributed by atoms with Crippen LogP contribution < -0.4 is 0 Å². The Hall–Kier alpha value is -0.610. The summed E-state index contributed by atoms with van der Waals surface area (Å²) in [5.41, 5.74) is 0. The Morgan fingerprint density at radius 2 is 2.36 bits per heavy atom. The van der Waals surface area contributed by atoms with Gasteiger partial charge in [0.15, 0.2) is 11.9 Å². The van der Waals surface area contributed by atoms with E-state index in [2.05, 4.69) is 0 Å². The quantitative estimate of drug-likeness (QED) is 0.629. The van der Waals surface area contributed by atoms with E-state index in [0.717, 1.165) is 19.3 Å². The first-order valence-electron chi connectivity index (χ1n) is 5.17. The summed E-state index contributed by atoms with van der Waals surface area (Å²) in [6.45, 7) is 4.07. The minimum Gasteiger partial charge on any atom is -0.464 e. The van der Waals surface area contributed by atoms with Crippen molar-refractivity contribution in [2.75, 3.05) is 6.61 Å². The first-order valence-corrected chi connectivity index (χ1v) is 5.17. The monoisotopic (exact) mass is 200 g/mol. The molecule has 0 aliphatic carbocycles. The van der Waals surface area contributed by atoms with Crippen molar-refractivity contribution in [2.45, 2.75) is 51.1 Å². The smallest absolute Gasteiger partial charge is 0.338 e. The number of carbonyl (C=O) groups excluding carboxylic acids is 1. The van der Waals surface area contributed by atoms with Gasteiger partial charge in [0.25, 0.3) is 0 Å². The predicted octanol–water partition coefficient (Wildman–Crippen LogP) is 1.23. The van der Waals surface area contributed by atoms with Gasteiger partial charge in [-0.25, -0.2) is 4.79 Å². The fourth-order valence-corrected chi connectivity index (χ4v) is 2.13. The molecule has 0 unspecified atom stereocenters. The number of fused-ring (bicyclic) bond motifs is 2. The van der Waals surface area contributed by atoms with Crippen LogP contribution in [0.5, 0.6) is 0 Å². The van der Waals surface area contributed by atoms with Crippen LogP contribution in [0.1, 0.15) is 33.1 Å². The van der Waals surface area contributed by atoms with Crippen LogP contribution in [0.3, 0.4) is 0 Å². The molecule has 2 rings (SSSR count). The lowest BCUT2D eigenvalue weighted by Crippen LogP contribution is -2.32. The molecule has 3 atom stereocenters. The number of esters is 1. The van der Waals surface area contributed by atoms with Gasteiger partial charge in [0.2, 0.25) is 0 Å². The van der Waals surface area contributed by atoms with Crippen LogP contribution >= 0.6 is 0 Å². The molecular formula is C10H16O4. The van der Waals surface area contributed by atoms with Crippen molar-refractivity contribution >= 4 is 5.97 Å². The Morgan fingerprint density at radius 1 is 1.57 bits per heavy atom. The van der Waals surface area contributed by atoms with E-state index < -0.39 is 11.9 Å². The molecular weight excluding hydrogens is 184 g/mol. The number of carbonyl (C=O) groups is 1. The SMILES string of the molecule is CCOC(=O)[C@H]1O[C@]2(C)CCC[C@H]1O2. The van der Waals surface area contributed by atoms with Crippen LogP contribution in [-0.4, -0.2) is 30.6 Å². The van der Waals surface area contributed by atoms with Crippen LogP contribution in [0.25, 0.3) is 0 Å². The third-order valence-electron chi connectivity index (χ3n) is 2.75. The second kappa shape index (κ2) is 3.51. The summed E-state index contributed by atoms with van der Waals surface area (Å²) in [7, 11) is 0. The maximum atomic E-state index is 11.5. The zero-order valence-electron chi connectivity index (χ0n) is 8.62. The fraction of sp³-hybridized carbons (Fsp3) is 0.900. The average molecular weight is 200 g/mol. The zero-order valence-corrected chi connectivity index (χ0v) is 8.62. The Bertz CT molecular complexity index is 240. The van der Waals surface area contributed by atoms with E-state index in [9.17, 15) is 4.79 Å². The van der Waals surface area contributed by atoms with Crippen molar-refractivity contribution < 1.29 is 19.0 Å². The summed E-state index contributed by atoms with van der Waals surface area (Å²) in [6, 6.07) is 0. The van der Waals surface area contributed by atoms with Crippen molar-refractivity contribution in [3.63, 3.8) is 0 Å². The van der Waals surface area contributed by atoms with Gasteiger partial charge in [-0.05, 0) is 26.7 Å². The molecule has 0 amide bonds. The molecule has 2 aliphatic heterocycles. The molecule has 2 saturated heterocycles. The van der Waals surface area contributed by atoms with Gasteiger partial charge in [-0.15, -0.1) is 0 Å². The van der Waals surface area contributed by atoms with Gasteiger partial charge < -0.3 is 14.2 Å². The minimum atomic E-state index is -0.555. The zero-order chi connectivity index (χ0) is 10.2. The van der Waals surface area contributed by atoms with Crippen molar-refractivity contribution in [3.05, 3.63) is 0 Å². The Balaban J connectivity index is 2.04. The van der Waals surface area contributed by atoms with Gasteiger partial charge in [-0.3, -0.25) is 0 Å². The molecule has 2 bridgehead atoms. The van der Waals surface area contributed by atoms with Crippen LogP contribution in [0.15, 0.2) is 0 Å². The lowest BCUT2D eigenvalue weighted by molar-refractivity contribution is -0.186. The molecule has 0 spiro atoms. The Labute approximate surface area is 83.5 Å². The van der Waals surface area contributed by atoms with Gasteiger partial charge in [0.1, 0.15) is 0 Å². The van der Waals surface area contributed by atoms with Gasteiger partial charge in [-0.2, -0.15) is 0 Å². The molecule has 80 valence electrons. The normalized spacial score (nSPS) is 41.0. The Morgan fingerprint density at radius 3 is 3.00 bits per heavy atom. The molecule has 14 heavy (non-hydrogen) atoms. The molecule has 2 fully saturated rings. The predicted molar refractivity (Wildman–Crippen MR) is 48.6 cm³/mol. The highest BCUT2D eigenvalue weighted by molar-refractivity contribution is 5.75. The molecule has 0 aromatic heterocycles. The molecule has 0 N–H and O–H groups in total. The highest BCUT2D eigenvalue weighted by Crippen LogP contribution is 2.39. The molecule has 2 heterocycles. The van der Waals surface area contributed by atoms with E-state index in [0.29, 0.717) is 6.61 Å². The average Bonchev–Trinajstić information content (AvgIpc) is 2.37. The summed E-state index contributed by atoms with van der Waals surface area (Å²) >= 11 is 0. The minimum absolute atomic E-state index is 0.104. The van der Waals surface area contributed by atoms with Gasteiger partial charge >= 0.3 is 5.97 Å². The molecule has 2 aliphatic rings. The Kier molecular flexibility index (Phi) is 2.49. The van der Waals surface area contributed by atoms with E-state index in [1.165, 1.54) is 0 Å². The van der Waals surface area contributed by atoms with Gasteiger partial charge in [0, 0.05) is 6.42 Å². The van der Waals surface area contributed by atoms with Gasteiger partial charge in [-0.1, -0.05) is 0 Å². The maximum absolute atomic E-state index is 11.5. The second-order valence-corrected chi connectivity index (χ2v) is 3.97. The number of hydrogen-bond donors (Lipinski definition) is 0. The first-order chi connectivity index (χ1) is 6.64. The molecule has 4 nitrogen and oxygen atoms in total. The highest BCUT2D eigenvalue weighted by atomic mass is 16.8. The van der Waals surface area contributed by atoms with Gasteiger partial charge in [0.05, 0.1) is 12.7 Å². The molecule has 0 saturated carbocycles. The third-order valence-corrected chi connectivity index (χ3v) is 2.75. The van der Waals surface area contributed by atoms with Crippen LogP contribution in [-0.2, 0) is 19.0 Å². The van der Waals surface area contributed by atoms with Crippen molar-refractivity contribution in [2.24, 2.45) is 0 Å². The van der Waals surface area contributed by atoms with Crippen molar-refractivity contribution in [3.8, 4) is 0 Å². The van der Waals surface area contributed by atoms with E-state index in [1.807, 2.05) is 6.92 Å². The fourth-order valence-electron chi connectivity index (χ4n) is 2.13. The van der Waals surface area contributed by atoms with Crippen molar-refractivity contribution in [1.29, 1.82) is 0 Å². The number of ether oxygens (including phenoxy) is 3. The summed E-state index contributed by atoms with van der Waals surface area (Å²) in [6.07, 6.45) is 2.19. The summed E-state index contributed by atoms with van der Waals surface area (Å²) in [4.78, 5) is 11.5. The largest absolute Gasteiger partial charge is 0.464 e. The molecule has 0 radical (unpaired) electrons. The summed E-state index contributed by atoms with van der Waals surface area (Å²) in [5, 5.41) is 0. The van der Waals surface area contributed by atoms with Crippen LogP contribution in [0.2, 0.25) is 0 Å². The standard InChI is InChI=1S/C10H16O4/c1-3-12-9(11)8-7-5-4-6-10(2,13-7)14-8/h7-8H,3-6H2,1-2H3/t7-,8+,10-/m1/s1. The lowest BCUT2D eigenvalue weighted by atomic mass is 10.0. The van der Waals surface area contributed by atoms with Crippen LogP contribution in [0, 0.1) is 0 Å². The van der Waals surface area contributed by atoms with E-state index in [-0.39, 0.29) is 12.1 Å². The van der Waals surface area contributed by atoms with Crippen LogP contribution in [0.4, 0.5) is 0 Å². The van der Waals surface area contributed by atoms with Crippen molar-refractivity contribution in [1.82, 2.24) is 0 Å². The van der Waals surface area contributed by atoms with E-state index >= 15 is 0 Å². The van der Waals surface area contributed by atoms with E-state index in [4.69, 9.17) is 14.2 Å². The lowest BCUT2D eigenvalue weighted by Gasteiger charge is -2.26. The number of hydrogen-bond acceptors (Lipinski definition) is 4. The second-order valence-electron chi connectivity index (χ2n) is 3.97. The van der Waals surface area contributed by atoms with E-state index in [1.54, 1.807) is 6.92 Å². The summed E-state index contributed by atoms with van der Waals surface area (Å²) < 4.78 is 16.2.